The molecule has 0 bridgehead atoms. The molecule has 2 heterocycles. The molecule has 0 unspecified atom stereocenters. The van der Waals surface area contributed by atoms with Crippen LogP contribution >= 0.6 is 0 Å². The largest absolute Gasteiger partial charge is 0.336 e. The number of imidazole rings is 1. The van der Waals surface area contributed by atoms with Gasteiger partial charge >= 0.3 is 0 Å². The quantitative estimate of drug-likeness (QED) is 0.774. The zero-order valence-electron chi connectivity index (χ0n) is 15.1. The van der Waals surface area contributed by atoms with Gasteiger partial charge in [0.1, 0.15) is 11.6 Å². The van der Waals surface area contributed by atoms with Crippen LogP contribution in [-0.2, 0) is 19.1 Å². The van der Waals surface area contributed by atoms with Crippen molar-refractivity contribution in [3.8, 4) is 0 Å². The smallest absolute Gasteiger partial charge is 0.130 e. The predicted molar refractivity (Wildman–Crippen MR) is 95.5 cm³/mol. The van der Waals surface area contributed by atoms with Crippen molar-refractivity contribution in [1.29, 1.82) is 0 Å². The Balaban J connectivity index is 1.85. The van der Waals surface area contributed by atoms with Gasteiger partial charge in [-0.2, -0.15) is 5.10 Å². The van der Waals surface area contributed by atoms with Gasteiger partial charge < -0.3 is 4.57 Å². The van der Waals surface area contributed by atoms with Crippen molar-refractivity contribution in [1.82, 2.24) is 24.6 Å². The molecule has 3 rings (SSSR count). The van der Waals surface area contributed by atoms with Gasteiger partial charge in [-0.05, 0) is 26.8 Å². The Morgan fingerprint density at radius 1 is 1.24 bits per heavy atom. The molecular weight excluding hydrogens is 317 g/mol. The maximum absolute atomic E-state index is 14.4. The van der Waals surface area contributed by atoms with E-state index in [0.717, 1.165) is 11.4 Å². The molecule has 0 amide bonds. The van der Waals surface area contributed by atoms with Crippen LogP contribution in [0.3, 0.4) is 0 Å². The highest BCUT2D eigenvalue weighted by molar-refractivity contribution is 5.27. The maximum atomic E-state index is 14.4. The lowest BCUT2D eigenvalue weighted by Crippen LogP contribution is -2.26. The molecular formula is C19H24FN5. The summed E-state index contributed by atoms with van der Waals surface area (Å²) in [4.78, 5) is 4.40. The van der Waals surface area contributed by atoms with Crippen LogP contribution in [0.5, 0.6) is 0 Å². The van der Waals surface area contributed by atoms with Gasteiger partial charge in [-0.1, -0.05) is 18.2 Å². The molecule has 0 saturated carbocycles. The third-order valence-corrected chi connectivity index (χ3v) is 4.17. The second-order valence-electron chi connectivity index (χ2n) is 7.20. The Labute approximate surface area is 147 Å². The highest BCUT2D eigenvalue weighted by Gasteiger charge is 2.21. The van der Waals surface area contributed by atoms with Crippen molar-refractivity contribution < 1.29 is 4.39 Å². The van der Waals surface area contributed by atoms with Gasteiger partial charge in [-0.15, -0.1) is 0 Å². The van der Waals surface area contributed by atoms with Gasteiger partial charge in [0.15, 0.2) is 0 Å². The Morgan fingerprint density at radius 3 is 2.60 bits per heavy atom. The molecule has 0 fully saturated rings. The lowest BCUT2D eigenvalue weighted by molar-refractivity contribution is 0.355. The van der Waals surface area contributed by atoms with Crippen molar-refractivity contribution in [3.05, 3.63) is 71.8 Å². The highest BCUT2D eigenvalue weighted by atomic mass is 19.1. The van der Waals surface area contributed by atoms with Crippen LogP contribution in [0, 0.1) is 5.82 Å². The summed E-state index contributed by atoms with van der Waals surface area (Å²) in [5, 5.41) is 7.84. The third-order valence-electron chi connectivity index (χ3n) is 4.17. The van der Waals surface area contributed by atoms with E-state index in [9.17, 15) is 4.39 Å². The third kappa shape index (κ3) is 3.79. The van der Waals surface area contributed by atoms with E-state index in [0.29, 0.717) is 12.1 Å². The molecule has 1 aromatic carbocycles. The van der Waals surface area contributed by atoms with E-state index in [2.05, 4.69) is 36.2 Å². The summed E-state index contributed by atoms with van der Waals surface area (Å²) in [6.07, 6.45) is 7.45. The van der Waals surface area contributed by atoms with Crippen LogP contribution in [0.4, 0.5) is 4.39 Å². The van der Waals surface area contributed by atoms with Crippen molar-refractivity contribution >= 4 is 0 Å². The highest BCUT2D eigenvalue weighted by Crippen LogP contribution is 2.23. The van der Waals surface area contributed by atoms with Gasteiger partial charge in [-0.3, -0.25) is 10.00 Å². The van der Waals surface area contributed by atoms with Crippen molar-refractivity contribution in [2.75, 3.05) is 0 Å². The van der Waals surface area contributed by atoms with Crippen molar-refractivity contribution in [3.63, 3.8) is 0 Å². The molecule has 1 atom stereocenters. The van der Waals surface area contributed by atoms with E-state index >= 15 is 0 Å². The van der Waals surface area contributed by atoms with Gasteiger partial charge in [0, 0.05) is 43.3 Å². The average molecular weight is 341 g/mol. The number of aryl methyl sites for hydroxylation is 1. The number of aromatic nitrogens is 4. The van der Waals surface area contributed by atoms with Gasteiger partial charge in [-0.25, -0.2) is 9.37 Å². The molecule has 0 saturated heterocycles. The maximum Gasteiger partial charge on any atom is 0.130 e. The van der Waals surface area contributed by atoms with E-state index < -0.39 is 0 Å². The molecule has 132 valence electrons. The van der Waals surface area contributed by atoms with Crippen LogP contribution in [0.2, 0.25) is 0 Å². The summed E-state index contributed by atoms with van der Waals surface area (Å²) >= 11 is 0. The fourth-order valence-corrected chi connectivity index (χ4v) is 2.74. The van der Waals surface area contributed by atoms with Crippen LogP contribution in [0.1, 0.15) is 43.8 Å². The van der Waals surface area contributed by atoms with Crippen LogP contribution in [-0.4, -0.2) is 19.3 Å². The second kappa shape index (κ2) is 6.80. The van der Waals surface area contributed by atoms with Gasteiger partial charge in [0.05, 0.1) is 17.8 Å². The normalized spacial score (nSPS) is 13.2. The number of rotatable bonds is 5. The number of nitrogens with one attached hydrogen (secondary N) is 1. The SMILES string of the molecule is Cn1ccnc1[C@@H](NCc1cnn(C(C)(C)C)c1)c1ccccc1F. The number of benzene rings is 1. The first-order valence-electron chi connectivity index (χ1n) is 8.35. The van der Waals surface area contributed by atoms with Crippen LogP contribution in [0.15, 0.2) is 49.1 Å². The van der Waals surface area contributed by atoms with E-state index in [4.69, 9.17) is 0 Å². The Kier molecular flexibility index (Phi) is 4.72. The summed E-state index contributed by atoms with van der Waals surface area (Å²) in [7, 11) is 1.91. The van der Waals surface area contributed by atoms with E-state index in [1.165, 1.54) is 6.07 Å². The lowest BCUT2D eigenvalue weighted by Gasteiger charge is -2.20. The zero-order chi connectivity index (χ0) is 18.0. The fraction of sp³-hybridized carbons (Fsp3) is 0.368. The number of nitrogens with zero attached hydrogens (tertiary/aromatic N) is 4. The number of hydrogen-bond donors (Lipinski definition) is 1. The van der Waals surface area contributed by atoms with E-state index in [1.54, 1.807) is 18.3 Å². The lowest BCUT2D eigenvalue weighted by atomic mass is 10.1. The molecule has 2 aromatic heterocycles. The summed E-state index contributed by atoms with van der Waals surface area (Å²) in [5.41, 5.74) is 1.56. The minimum Gasteiger partial charge on any atom is -0.336 e. The molecule has 0 aliphatic rings. The average Bonchev–Trinajstić information content (AvgIpc) is 3.18. The van der Waals surface area contributed by atoms with Crippen LogP contribution < -0.4 is 5.32 Å². The Hall–Kier alpha value is -2.47. The minimum absolute atomic E-state index is 0.0666. The molecule has 0 spiro atoms. The molecule has 5 nitrogen and oxygen atoms in total. The fourth-order valence-electron chi connectivity index (χ4n) is 2.74. The van der Waals surface area contributed by atoms with E-state index in [1.807, 2.05) is 41.0 Å². The molecule has 3 aromatic rings. The van der Waals surface area contributed by atoms with Crippen LogP contribution in [0.25, 0.3) is 0 Å². The predicted octanol–water partition coefficient (Wildman–Crippen LogP) is 3.39. The van der Waals surface area contributed by atoms with Gasteiger partial charge in [0.2, 0.25) is 0 Å². The zero-order valence-corrected chi connectivity index (χ0v) is 15.1. The first kappa shape index (κ1) is 17.4. The molecule has 0 aliphatic carbocycles. The van der Waals surface area contributed by atoms with Crippen molar-refractivity contribution in [2.24, 2.45) is 7.05 Å². The summed E-state index contributed by atoms with van der Waals surface area (Å²) in [6, 6.07) is 6.47. The molecule has 25 heavy (non-hydrogen) atoms. The van der Waals surface area contributed by atoms with E-state index in [-0.39, 0.29) is 17.4 Å². The first-order valence-corrected chi connectivity index (χ1v) is 8.35. The Bertz CT molecular complexity index is 843. The summed E-state index contributed by atoms with van der Waals surface area (Å²) in [5.74, 6) is 0.529. The topological polar surface area (TPSA) is 47.7 Å². The Morgan fingerprint density at radius 2 is 2.00 bits per heavy atom. The minimum atomic E-state index is -0.334. The number of halogens is 1. The van der Waals surface area contributed by atoms with Gasteiger partial charge in [0.25, 0.3) is 0 Å². The van der Waals surface area contributed by atoms with Crippen molar-refractivity contribution in [2.45, 2.75) is 38.9 Å². The monoisotopic (exact) mass is 341 g/mol. The molecule has 0 aliphatic heterocycles. The summed E-state index contributed by atoms with van der Waals surface area (Å²) < 4.78 is 18.2. The molecule has 0 radical (unpaired) electrons. The molecule has 1 N–H and O–H groups in total. The number of hydrogen-bond acceptors (Lipinski definition) is 3. The standard InChI is InChI=1S/C19H24FN5/c1-19(2,3)25-13-14(12-23-25)11-22-17(18-21-9-10-24(18)4)15-7-5-6-8-16(15)20/h5-10,12-13,17,22H,11H2,1-4H3/t17-/m0/s1. The first-order chi connectivity index (χ1) is 11.9. The second-order valence-corrected chi connectivity index (χ2v) is 7.20. The molecule has 6 heteroatoms. The summed E-state index contributed by atoms with van der Waals surface area (Å²) in [6.45, 7) is 6.88.